The summed E-state index contributed by atoms with van der Waals surface area (Å²) in [5.74, 6) is 1.83. The highest BCUT2D eigenvalue weighted by Crippen LogP contribution is 2.37. The van der Waals surface area contributed by atoms with E-state index >= 15 is 0 Å². The largest absolute Gasteiger partial charge is 0.496 e. The van der Waals surface area contributed by atoms with E-state index in [2.05, 4.69) is 12.2 Å². The van der Waals surface area contributed by atoms with E-state index in [4.69, 9.17) is 14.2 Å². The Morgan fingerprint density at radius 1 is 1.22 bits per heavy atom. The molecule has 0 aliphatic carbocycles. The molecule has 0 amide bonds. The highest BCUT2D eigenvalue weighted by atomic mass is 16.5. The maximum Gasteiger partial charge on any atom is 0.127 e. The van der Waals surface area contributed by atoms with Gasteiger partial charge in [-0.2, -0.15) is 0 Å². The Morgan fingerprint density at radius 3 is 2.56 bits per heavy atom. The van der Waals surface area contributed by atoms with Crippen LogP contribution in [0.25, 0.3) is 0 Å². The number of ether oxygens (including phenoxy) is 3. The molecule has 4 heteroatoms. The van der Waals surface area contributed by atoms with E-state index < -0.39 is 0 Å². The van der Waals surface area contributed by atoms with Crippen LogP contribution >= 0.6 is 0 Å². The molecule has 0 radical (unpaired) electrons. The van der Waals surface area contributed by atoms with Gasteiger partial charge in [0, 0.05) is 12.1 Å². The van der Waals surface area contributed by atoms with Crippen LogP contribution in [-0.2, 0) is 4.74 Å². The Bertz CT molecular complexity index is 426. The normalized spacial score (nSPS) is 19.7. The number of morpholine rings is 1. The SMILES string of the molecule is COc1cc(C2COCCN2)c(OC)c(C)c1C. The summed E-state index contributed by atoms with van der Waals surface area (Å²) in [7, 11) is 3.41. The summed E-state index contributed by atoms with van der Waals surface area (Å²) >= 11 is 0. The summed E-state index contributed by atoms with van der Waals surface area (Å²) in [6.07, 6.45) is 0. The summed E-state index contributed by atoms with van der Waals surface area (Å²) in [5, 5.41) is 3.45. The number of benzene rings is 1. The molecule has 2 rings (SSSR count). The van der Waals surface area contributed by atoms with Gasteiger partial charge >= 0.3 is 0 Å². The van der Waals surface area contributed by atoms with Crippen LogP contribution in [0.1, 0.15) is 22.7 Å². The van der Waals surface area contributed by atoms with Crippen molar-refractivity contribution in [2.45, 2.75) is 19.9 Å². The van der Waals surface area contributed by atoms with Crippen LogP contribution in [-0.4, -0.2) is 34.0 Å². The molecule has 1 unspecified atom stereocenters. The minimum atomic E-state index is 0.168. The van der Waals surface area contributed by atoms with Crippen LogP contribution in [0.3, 0.4) is 0 Å². The molecule has 1 fully saturated rings. The van der Waals surface area contributed by atoms with Crippen molar-refractivity contribution < 1.29 is 14.2 Å². The van der Waals surface area contributed by atoms with Gasteiger partial charge in [0.15, 0.2) is 0 Å². The number of methoxy groups -OCH3 is 2. The molecule has 1 atom stereocenters. The third-order valence-corrected chi connectivity index (χ3v) is 3.54. The standard InChI is InChI=1S/C14H21NO3/c1-9-10(2)14(17-4)11(7-13(9)16-3)12-8-18-6-5-15-12/h7,12,15H,5-6,8H2,1-4H3. The fraction of sp³-hybridized carbons (Fsp3) is 0.571. The summed E-state index contributed by atoms with van der Waals surface area (Å²) in [6, 6.07) is 2.22. The summed E-state index contributed by atoms with van der Waals surface area (Å²) in [6.45, 7) is 6.40. The van der Waals surface area contributed by atoms with Crippen molar-refractivity contribution >= 4 is 0 Å². The molecule has 0 saturated carbocycles. The van der Waals surface area contributed by atoms with Gasteiger partial charge in [0.05, 0.1) is 33.5 Å². The Labute approximate surface area is 108 Å². The topological polar surface area (TPSA) is 39.7 Å². The van der Waals surface area contributed by atoms with E-state index in [0.717, 1.165) is 41.3 Å². The third kappa shape index (κ3) is 2.31. The summed E-state index contributed by atoms with van der Waals surface area (Å²) in [5.41, 5.74) is 3.35. The third-order valence-electron chi connectivity index (χ3n) is 3.54. The fourth-order valence-corrected chi connectivity index (χ4v) is 2.39. The summed E-state index contributed by atoms with van der Waals surface area (Å²) in [4.78, 5) is 0. The molecular formula is C14H21NO3. The molecule has 1 N–H and O–H groups in total. The van der Waals surface area contributed by atoms with Gasteiger partial charge < -0.3 is 19.5 Å². The maximum atomic E-state index is 5.56. The molecule has 1 aromatic rings. The number of nitrogens with one attached hydrogen (secondary N) is 1. The molecule has 1 aliphatic rings. The molecule has 18 heavy (non-hydrogen) atoms. The zero-order valence-corrected chi connectivity index (χ0v) is 11.5. The Morgan fingerprint density at radius 2 is 2.00 bits per heavy atom. The number of hydrogen-bond acceptors (Lipinski definition) is 4. The second-order valence-electron chi connectivity index (χ2n) is 4.53. The monoisotopic (exact) mass is 251 g/mol. The van der Waals surface area contributed by atoms with Gasteiger partial charge in [0.1, 0.15) is 11.5 Å². The van der Waals surface area contributed by atoms with Crippen LogP contribution in [0.2, 0.25) is 0 Å². The Kier molecular flexibility index (Phi) is 4.09. The predicted molar refractivity (Wildman–Crippen MR) is 70.6 cm³/mol. The quantitative estimate of drug-likeness (QED) is 0.891. The average Bonchev–Trinajstić information content (AvgIpc) is 2.42. The van der Waals surface area contributed by atoms with Gasteiger partial charge in [-0.3, -0.25) is 0 Å². The van der Waals surface area contributed by atoms with Crippen molar-refractivity contribution in [3.8, 4) is 11.5 Å². The first kappa shape index (κ1) is 13.2. The molecule has 100 valence electrons. The van der Waals surface area contributed by atoms with Gasteiger partial charge in [-0.05, 0) is 31.0 Å². The molecule has 0 aromatic heterocycles. The Hall–Kier alpha value is -1.26. The van der Waals surface area contributed by atoms with E-state index in [1.807, 2.05) is 13.0 Å². The maximum absolute atomic E-state index is 5.56. The zero-order valence-electron chi connectivity index (χ0n) is 11.5. The van der Waals surface area contributed by atoms with Crippen molar-refractivity contribution in [1.29, 1.82) is 0 Å². The van der Waals surface area contributed by atoms with Crippen molar-refractivity contribution in [2.24, 2.45) is 0 Å². The lowest BCUT2D eigenvalue weighted by molar-refractivity contribution is 0.0759. The molecule has 1 saturated heterocycles. The second-order valence-corrected chi connectivity index (χ2v) is 4.53. The van der Waals surface area contributed by atoms with Crippen molar-refractivity contribution in [3.63, 3.8) is 0 Å². The molecule has 1 heterocycles. The molecule has 0 bridgehead atoms. The predicted octanol–water partition coefficient (Wildman–Crippen LogP) is 1.98. The molecule has 1 aliphatic heterocycles. The Balaban J connectivity index is 2.46. The highest BCUT2D eigenvalue weighted by Gasteiger charge is 2.22. The van der Waals surface area contributed by atoms with E-state index in [1.165, 1.54) is 0 Å². The molecule has 1 aromatic carbocycles. The highest BCUT2D eigenvalue weighted by molar-refractivity contribution is 5.53. The zero-order chi connectivity index (χ0) is 13.1. The molecule has 0 spiro atoms. The minimum absolute atomic E-state index is 0.168. The van der Waals surface area contributed by atoms with Gasteiger partial charge in [-0.15, -0.1) is 0 Å². The van der Waals surface area contributed by atoms with Gasteiger partial charge in [-0.1, -0.05) is 0 Å². The van der Waals surface area contributed by atoms with Crippen LogP contribution in [0.15, 0.2) is 6.07 Å². The second kappa shape index (κ2) is 5.59. The van der Waals surface area contributed by atoms with E-state index in [1.54, 1.807) is 14.2 Å². The molecular weight excluding hydrogens is 230 g/mol. The van der Waals surface area contributed by atoms with Crippen LogP contribution in [0.5, 0.6) is 11.5 Å². The first-order valence-electron chi connectivity index (χ1n) is 6.22. The van der Waals surface area contributed by atoms with Crippen LogP contribution in [0, 0.1) is 13.8 Å². The van der Waals surface area contributed by atoms with E-state index in [0.29, 0.717) is 6.61 Å². The lowest BCUT2D eigenvalue weighted by atomic mass is 9.98. The fourth-order valence-electron chi connectivity index (χ4n) is 2.39. The molecule has 4 nitrogen and oxygen atoms in total. The number of rotatable bonds is 3. The van der Waals surface area contributed by atoms with Crippen LogP contribution < -0.4 is 14.8 Å². The summed E-state index contributed by atoms with van der Waals surface area (Å²) < 4.78 is 16.5. The van der Waals surface area contributed by atoms with Crippen molar-refractivity contribution in [3.05, 3.63) is 22.8 Å². The van der Waals surface area contributed by atoms with E-state index in [-0.39, 0.29) is 6.04 Å². The first-order chi connectivity index (χ1) is 8.69. The minimum Gasteiger partial charge on any atom is -0.496 e. The van der Waals surface area contributed by atoms with Crippen molar-refractivity contribution in [1.82, 2.24) is 5.32 Å². The van der Waals surface area contributed by atoms with Gasteiger partial charge in [0.25, 0.3) is 0 Å². The smallest absolute Gasteiger partial charge is 0.127 e. The number of hydrogen-bond donors (Lipinski definition) is 1. The van der Waals surface area contributed by atoms with E-state index in [9.17, 15) is 0 Å². The van der Waals surface area contributed by atoms with Gasteiger partial charge in [-0.25, -0.2) is 0 Å². The van der Waals surface area contributed by atoms with Crippen molar-refractivity contribution in [2.75, 3.05) is 34.0 Å². The van der Waals surface area contributed by atoms with Crippen LogP contribution in [0.4, 0.5) is 0 Å². The lowest BCUT2D eigenvalue weighted by Crippen LogP contribution is -2.34. The van der Waals surface area contributed by atoms with Gasteiger partial charge in [0.2, 0.25) is 0 Å². The lowest BCUT2D eigenvalue weighted by Gasteiger charge is -2.27. The average molecular weight is 251 g/mol. The first-order valence-corrected chi connectivity index (χ1v) is 6.22.